The van der Waals surface area contributed by atoms with Gasteiger partial charge in [0.25, 0.3) is 5.91 Å². The standard InChI is InChI=1S/C16H22N4O3/c1-9(2)14-13(10(3)18-23-14)16(21)20-7-5-6-12(8-20)15-17-11(4)22-19-15/h9,12H,5-8H2,1-4H3/t12-/m0/s1. The Labute approximate surface area is 135 Å². The molecular formula is C16H22N4O3. The van der Waals surface area contributed by atoms with E-state index in [1.165, 1.54) is 0 Å². The van der Waals surface area contributed by atoms with Crippen molar-refractivity contribution < 1.29 is 13.8 Å². The summed E-state index contributed by atoms with van der Waals surface area (Å²) >= 11 is 0. The molecule has 3 heterocycles. The highest BCUT2D eigenvalue weighted by molar-refractivity contribution is 5.96. The molecule has 124 valence electrons. The fourth-order valence-electron chi connectivity index (χ4n) is 3.05. The first-order valence-electron chi connectivity index (χ1n) is 8.03. The molecule has 7 nitrogen and oxygen atoms in total. The third kappa shape index (κ3) is 3.00. The molecule has 2 aromatic heterocycles. The molecule has 1 aliphatic heterocycles. The first-order chi connectivity index (χ1) is 11.0. The van der Waals surface area contributed by atoms with E-state index in [1.807, 2.05) is 25.7 Å². The van der Waals surface area contributed by atoms with Crippen molar-refractivity contribution in [3.8, 4) is 0 Å². The quantitative estimate of drug-likeness (QED) is 0.865. The van der Waals surface area contributed by atoms with Crippen molar-refractivity contribution >= 4 is 5.91 Å². The number of amides is 1. The highest BCUT2D eigenvalue weighted by Gasteiger charge is 2.32. The molecule has 0 saturated carbocycles. The second kappa shape index (κ2) is 6.14. The molecule has 0 aromatic carbocycles. The number of hydrogen-bond donors (Lipinski definition) is 0. The van der Waals surface area contributed by atoms with Crippen molar-refractivity contribution in [2.45, 2.75) is 52.4 Å². The summed E-state index contributed by atoms with van der Waals surface area (Å²) in [5.41, 5.74) is 1.25. The normalized spacial score (nSPS) is 18.7. The highest BCUT2D eigenvalue weighted by atomic mass is 16.5. The molecular weight excluding hydrogens is 296 g/mol. The Morgan fingerprint density at radius 1 is 1.26 bits per heavy atom. The van der Waals surface area contributed by atoms with Crippen molar-refractivity contribution in [1.82, 2.24) is 20.2 Å². The molecule has 1 aliphatic rings. The van der Waals surface area contributed by atoms with Gasteiger partial charge < -0.3 is 13.9 Å². The van der Waals surface area contributed by atoms with Crippen LogP contribution in [0, 0.1) is 13.8 Å². The van der Waals surface area contributed by atoms with Crippen molar-refractivity contribution in [2.75, 3.05) is 13.1 Å². The van der Waals surface area contributed by atoms with E-state index in [-0.39, 0.29) is 17.7 Å². The maximum atomic E-state index is 13.0. The Hall–Kier alpha value is -2.18. The molecule has 0 bridgehead atoms. The second-order valence-electron chi connectivity index (χ2n) is 6.42. The van der Waals surface area contributed by atoms with Crippen LogP contribution in [0.1, 0.15) is 72.1 Å². The Morgan fingerprint density at radius 2 is 2.04 bits per heavy atom. The topological polar surface area (TPSA) is 85.3 Å². The average molecular weight is 318 g/mol. The van der Waals surface area contributed by atoms with E-state index >= 15 is 0 Å². The smallest absolute Gasteiger partial charge is 0.259 e. The maximum Gasteiger partial charge on any atom is 0.259 e. The van der Waals surface area contributed by atoms with Gasteiger partial charge in [0.1, 0.15) is 5.56 Å². The van der Waals surface area contributed by atoms with Crippen LogP contribution in [0.2, 0.25) is 0 Å². The Bertz CT molecular complexity index is 704. The monoisotopic (exact) mass is 318 g/mol. The van der Waals surface area contributed by atoms with Gasteiger partial charge in [-0.25, -0.2) is 0 Å². The molecule has 0 unspecified atom stereocenters. The summed E-state index contributed by atoms with van der Waals surface area (Å²) < 4.78 is 10.4. The van der Waals surface area contributed by atoms with Gasteiger partial charge in [0.05, 0.1) is 5.69 Å². The third-order valence-corrected chi connectivity index (χ3v) is 4.24. The lowest BCUT2D eigenvalue weighted by Gasteiger charge is -2.31. The van der Waals surface area contributed by atoms with Crippen molar-refractivity contribution in [3.63, 3.8) is 0 Å². The molecule has 0 spiro atoms. The molecule has 1 amide bonds. The molecule has 1 atom stereocenters. The molecule has 3 rings (SSSR count). The summed E-state index contributed by atoms with van der Waals surface area (Å²) in [6, 6.07) is 0. The Morgan fingerprint density at radius 3 is 2.70 bits per heavy atom. The van der Waals surface area contributed by atoms with Crippen LogP contribution in [-0.4, -0.2) is 39.2 Å². The first-order valence-corrected chi connectivity index (χ1v) is 8.03. The van der Waals surface area contributed by atoms with Gasteiger partial charge in [0, 0.05) is 31.8 Å². The van der Waals surface area contributed by atoms with Crippen LogP contribution < -0.4 is 0 Å². The lowest BCUT2D eigenvalue weighted by Crippen LogP contribution is -2.39. The van der Waals surface area contributed by atoms with Crippen LogP contribution in [0.4, 0.5) is 0 Å². The molecule has 0 aliphatic carbocycles. The molecule has 0 radical (unpaired) electrons. The van der Waals surface area contributed by atoms with Gasteiger partial charge in [-0.3, -0.25) is 4.79 Å². The van der Waals surface area contributed by atoms with Gasteiger partial charge >= 0.3 is 0 Å². The van der Waals surface area contributed by atoms with Crippen LogP contribution in [-0.2, 0) is 0 Å². The Kier molecular flexibility index (Phi) is 4.19. The molecule has 1 saturated heterocycles. The van der Waals surface area contributed by atoms with Crippen LogP contribution in [0.25, 0.3) is 0 Å². The van der Waals surface area contributed by atoms with Crippen molar-refractivity contribution in [1.29, 1.82) is 0 Å². The van der Waals surface area contributed by atoms with Gasteiger partial charge in [-0.05, 0) is 19.8 Å². The van der Waals surface area contributed by atoms with Gasteiger partial charge in [-0.1, -0.05) is 24.2 Å². The number of likely N-dealkylation sites (tertiary alicyclic amines) is 1. The molecule has 1 fully saturated rings. The minimum absolute atomic E-state index is 0.0163. The zero-order valence-electron chi connectivity index (χ0n) is 14.0. The fraction of sp³-hybridized carbons (Fsp3) is 0.625. The largest absolute Gasteiger partial charge is 0.360 e. The lowest BCUT2D eigenvalue weighted by molar-refractivity contribution is 0.0700. The van der Waals surface area contributed by atoms with Crippen LogP contribution in [0.5, 0.6) is 0 Å². The summed E-state index contributed by atoms with van der Waals surface area (Å²) in [5, 5.41) is 7.98. The van der Waals surface area contributed by atoms with Gasteiger partial charge in [0.15, 0.2) is 11.6 Å². The van der Waals surface area contributed by atoms with Gasteiger partial charge in [-0.15, -0.1) is 0 Å². The lowest BCUT2D eigenvalue weighted by atomic mass is 9.96. The number of carbonyl (C=O) groups is 1. The van der Waals surface area contributed by atoms with E-state index in [0.29, 0.717) is 35.3 Å². The van der Waals surface area contributed by atoms with E-state index in [2.05, 4.69) is 15.3 Å². The highest BCUT2D eigenvalue weighted by Crippen LogP contribution is 2.29. The zero-order chi connectivity index (χ0) is 16.6. The van der Waals surface area contributed by atoms with Crippen molar-refractivity contribution in [3.05, 3.63) is 28.7 Å². The number of rotatable bonds is 3. The van der Waals surface area contributed by atoms with E-state index in [4.69, 9.17) is 9.05 Å². The number of piperidine rings is 1. The third-order valence-electron chi connectivity index (χ3n) is 4.24. The second-order valence-corrected chi connectivity index (χ2v) is 6.42. The zero-order valence-corrected chi connectivity index (χ0v) is 14.0. The van der Waals surface area contributed by atoms with E-state index in [0.717, 1.165) is 19.4 Å². The van der Waals surface area contributed by atoms with Crippen molar-refractivity contribution in [2.24, 2.45) is 0 Å². The molecule has 7 heteroatoms. The van der Waals surface area contributed by atoms with Crippen LogP contribution in [0.15, 0.2) is 9.05 Å². The number of carbonyl (C=O) groups excluding carboxylic acids is 1. The summed E-state index contributed by atoms with van der Waals surface area (Å²) in [6.07, 6.45) is 1.88. The summed E-state index contributed by atoms with van der Waals surface area (Å²) in [5.74, 6) is 2.12. The van der Waals surface area contributed by atoms with Crippen LogP contribution >= 0.6 is 0 Å². The minimum atomic E-state index is -0.0163. The molecule has 2 aromatic rings. The minimum Gasteiger partial charge on any atom is -0.360 e. The van der Waals surface area contributed by atoms with Gasteiger partial charge in [0.2, 0.25) is 5.89 Å². The maximum absolute atomic E-state index is 13.0. The van der Waals surface area contributed by atoms with E-state index in [1.54, 1.807) is 6.92 Å². The van der Waals surface area contributed by atoms with E-state index < -0.39 is 0 Å². The number of hydrogen-bond acceptors (Lipinski definition) is 6. The number of nitrogens with zero attached hydrogens (tertiary/aromatic N) is 4. The number of aromatic nitrogens is 3. The SMILES string of the molecule is Cc1nc([C@H]2CCCN(C(=O)c3c(C)noc3C(C)C)C2)no1. The summed E-state index contributed by atoms with van der Waals surface area (Å²) in [4.78, 5) is 19.1. The molecule has 23 heavy (non-hydrogen) atoms. The number of aryl methyl sites for hydroxylation is 2. The Balaban J connectivity index is 1.81. The first kappa shape index (κ1) is 15.7. The predicted octanol–water partition coefficient (Wildman–Crippen LogP) is 2.82. The fourth-order valence-corrected chi connectivity index (χ4v) is 3.05. The predicted molar refractivity (Wildman–Crippen MR) is 82.2 cm³/mol. The summed E-state index contributed by atoms with van der Waals surface area (Å²) in [6.45, 7) is 8.91. The average Bonchev–Trinajstić information content (AvgIpc) is 3.13. The van der Waals surface area contributed by atoms with E-state index in [9.17, 15) is 4.79 Å². The molecule has 0 N–H and O–H groups in total. The van der Waals surface area contributed by atoms with Gasteiger partial charge in [-0.2, -0.15) is 4.98 Å². The summed E-state index contributed by atoms with van der Waals surface area (Å²) in [7, 11) is 0. The van der Waals surface area contributed by atoms with Crippen LogP contribution in [0.3, 0.4) is 0 Å².